The number of para-hydroxylation sites is 1. The van der Waals surface area contributed by atoms with Gasteiger partial charge in [-0.3, -0.25) is 0 Å². The van der Waals surface area contributed by atoms with Crippen molar-refractivity contribution in [2.45, 2.75) is 18.6 Å². The lowest BCUT2D eigenvalue weighted by atomic mass is 10.1. The lowest BCUT2D eigenvalue weighted by molar-refractivity contribution is 0.604. The van der Waals surface area contributed by atoms with Gasteiger partial charge >= 0.3 is 8.05 Å². The van der Waals surface area contributed by atoms with E-state index in [-0.39, 0.29) is 0 Å². The molecule has 0 unspecified atom stereocenters. The van der Waals surface area contributed by atoms with E-state index in [1.807, 2.05) is 31.2 Å². The largest absolute Gasteiger partial charge is 0.568 e. The van der Waals surface area contributed by atoms with E-state index < -0.39 is 0 Å². The first kappa shape index (κ1) is 9.52. The second-order valence-electron chi connectivity index (χ2n) is 2.78. The number of hydrogen-bond acceptors (Lipinski definition) is 2. The van der Waals surface area contributed by atoms with Crippen LogP contribution in [0.5, 0.6) is 5.75 Å². The van der Waals surface area contributed by atoms with Crippen LogP contribution in [0.2, 0.25) is 0 Å². The molecular weight excluding hydrogens is 167 g/mol. The van der Waals surface area contributed by atoms with E-state index in [2.05, 4.69) is 12.6 Å². The Labute approximate surface area is 80.0 Å². The van der Waals surface area contributed by atoms with Crippen LogP contribution in [-0.4, -0.2) is 13.3 Å². The van der Waals surface area contributed by atoms with Gasteiger partial charge in [0.25, 0.3) is 0 Å². The summed E-state index contributed by atoms with van der Waals surface area (Å²) in [5, 5.41) is 0.321. The smallest absolute Gasteiger partial charge is 0.374 e. The van der Waals surface area contributed by atoms with Crippen LogP contribution in [0.25, 0.3) is 0 Å². The van der Waals surface area contributed by atoms with Crippen molar-refractivity contribution in [3.8, 4) is 5.75 Å². The molecule has 0 heterocycles. The van der Waals surface area contributed by atoms with Crippen molar-refractivity contribution in [1.29, 1.82) is 0 Å². The molecule has 0 saturated carbocycles. The van der Waals surface area contributed by atoms with Crippen LogP contribution in [0.4, 0.5) is 0 Å². The average Bonchev–Trinajstić information content (AvgIpc) is 2.04. The summed E-state index contributed by atoms with van der Waals surface area (Å²) in [7, 11) is 5.10. The van der Waals surface area contributed by atoms with Crippen LogP contribution in [-0.2, 0) is 6.42 Å². The van der Waals surface area contributed by atoms with E-state index in [0.29, 0.717) is 5.25 Å². The zero-order chi connectivity index (χ0) is 8.97. The van der Waals surface area contributed by atoms with Crippen LogP contribution in [0.15, 0.2) is 24.3 Å². The van der Waals surface area contributed by atoms with Crippen LogP contribution in [0, 0.1) is 0 Å². The SMILES string of the molecule is [B]Oc1ccccc1C[C@@H](C)S. The Morgan fingerprint density at radius 3 is 2.75 bits per heavy atom. The molecule has 1 atom stereocenters. The van der Waals surface area contributed by atoms with Gasteiger partial charge in [0, 0.05) is 5.25 Å². The number of hydrogen-bond donors (Lipinski definition) is 1. The van der Waals surface area contributed by atoms with Gasteiger partial charge in [0.2, 0.25) is 0 Å². The highest BCUT2D eigenvalue weighted by Crippen LogP contribution is 2.19. The average molecular weight is 178 g/mol. The highest BCUT2D eigenvalue weighted by atomic mass is 32.1. The van der Waals surface area contributed by atoms with Gasteiger partial charge in [-0.2, -0.15) is 12.6 Å². The Morgan fingerprint density at radius 2 is 2.17 bits per heavy atom. The van der Waals surface area contributed by atoms with Crippen molar-refractivity contribution in [3.05, 3.63) is 29.8 Å². The number of rotatable bonds is 3. The van der Waals surface area contributed by atoms with E-state index in [9.17, 15) is 0 Å². The first-order valence-corrected chi connectivity index (χ1v) is 4.38. The van der Waals surface area contributed by atoms with E-state index in [1.165, 1.54) is 0 Å². The van der Waals surface area contributed by atoms with Gasteiger partial charge in [0.05, 0.1) is 0 Å². The van der Waals surface area contributed by atoms with Gasteiger partial charge in [-0.25, -0.2) is 0 Å². The minimum Gasteiger partial charge on any atom is -0.568 e. The number of thiol groups is 1. The van der Waals surface area contributed by atoms with Gasteiger partial charge < -0.3 is 4.65 Å². The molecule has 1 rings (SSSR count). The molecule has 1 nitrogen and oxygen atoms in total. The fraction of sp³-hybridized carbons (Fsp3) is 0.333. The Balaban J connectivity index is 2.82. The molecule has 3 heteroatoms. The first-order valence-electron chi connectivity index (χ1n) is 3.86. The molecule has 1 aromatic carbocycles. The molecule has 0 saturated heterocycles. The molecule has 0 aromatic heterocycles. The van der Waals surface area contributed by atoms with Gasteiger partial charge in [0.1, 0.15) is 5.75 Å². The van der Waals surface area contributed by atoms with Crippen molar-refractivity contribution < 1.29 is 4.65 Å². The van der Waals surface area contributed by atoms with Crippen LogP contribution >= 0.6 is 12.6 Å². The molecule has 0 fully saturated rings. The Morgan fingerprint density at radius 1 is 1.50 bits per heavy atom. The Bertz CT molecular complexity index is 250. The maximum Gasteiger partial charge on any atom is 0.374 e. The van der Waals surface area contributed by atoms with Crippen molar-refractivity contribution in [2.75, 3.05) is 0 Å². The van der Waals surface area contributed by atoms with E-state index >= 15 is 0 Å². The second-order valence-corrected chi connectivity index (χ2v) is 3.66. The normalized spacial score (nSPS) is 12.5. The van der Waals surface area contributed by atoms with E-state index in [4.69, 9.17) is 12.7 Å². The summed E-state index contributed by atoms with van der Waals surface area (Å²) in [5.41, 5.74) is 1.10. The molecule has 1 aromatic rings. The molecular formula is C9H11BOS. The maximum atomic E-state index is 5.10. The van der Waals surface area contributed by atoms with Gasteiger partial charge in [-0.15, -0.1) is 0 Å². The predicted molar refractivity (Wildman–Crippen MR) is 55.0 cm³/mol. The molecule has 62 valence electrons. The van der Waals surface area contributed by atoms with Crippen molar-refractivity contribution >= 4 is 20.7 Å². The maximum absolute atomic E-state index is 5.10. The first-order chi connectivity index (χ1) is 5.74. The molecule has 12 heavy (non-hydrogen) atoms. The summed E-state index contributed by atoms with van der Waals surface area (Å²) in [6, 6.07) is 7.71. The van der Waals surface area contributed by atoms with Gasteiger partial charge in [-0.05, 0) is 18.1 Å². The molecule has 0 aliphatic rings. The van der Waals surface area contributed by atoms with Gasteiger partial charge in [0.15, 0.2) is 0 Å². The minimum atomic E-state index is 0.321. The van der Waals surface area contributed by atoms with Crippen LogP contribution in [0.3, 0.4) is 0 Å². The molecule has 0 aliphatic carbocycles. The van der Waals surface area contributed by atoms with E-state index in [0.717, 1.165) is 17.7 Å². The summed E-state index contributed by atoms with van der Waals surface area (Å²) >= 11 is 4.30. The van der Waals surface area contributed by atoms with Crippen molar-refractivity contribution in [1.82, 2.24) is 0 Å². The quantitative estimate of drug-likeness (QED) is 0.550. The topological polar surface area (TPSA) is 9.23 Å². The highest BCUT2D eigenvalue weighted by Gasteiger charge is 2.02. The minimum absolute atomic E-state index is 0.321. The third-order valence-electron chi connectivity index (χ3n) is 1.61. The summed E-state index contributed by atoms with van der Waals surface area (Å²) in [6.07, 6.45) is 0.872. The Hall–Kier alpha value is -0.565. The fourth-order valence-corrected chi connectivity index (χ4v) is 1.30. The molecule has 0 N–H and O–H groups in total. The number of benzene rings is 1. The van der Waals surface area contributed by atoms with Crippen molar-refractivity contribution in [2.24, 2.45) is 0 Å². The standard InChI is InChI=1S/C9H11BOS/c1-7(12)6-8-4-2-3-5-9(8)11-10/h2-5,7,12H,6H2,1H3/t7-/m1/s1. The second kappa shape index (κ2) is 4.46. The summed E-state index contributed by atoms with van der Waals surface area (Å²) in [5.74, 6) is 0.735. The van der Waals surface area contributed by atoms with Gasteiger partial charge in [-0.1, -0.05) is 25.1 Å². The summed E-state index contributed by atoms with van der Waals surface area (Å²) in [4.78, 5) is 0. The monoisotopic (exact) mass is 178 g/mol. The predicted octanol–water partition coefficient (Wildman–Crippen LogP) is 2.01. The molecule has 0 spiro atoms. The highest BCUT2D eigenvalue weighted by molar-refractivity contribution is 7.80. The zero-order valence-corrected chi connectivity index (χ0v) is 7.92. The lowest BCUT2D eigenvalue weighted by Gasteiger charge is -2.09. The molecule has 0 bridgehead atoms. The molecule has 2 radical (unpaired) electrons. The zero-order valence-electron chi connectivity index (χ0n) is 7.03. The fourth-order valence-electron chi connectivity index (χ4n) is 1.11. The molecule has 0 amide bonds. The Kier molecular flexibility index (Phi) is 3.54. The lowest BCUT2D eigenvalue weighted by Crippen LogP contribution is -2.00. The third kappa shape index (κ3) is 2.49. The third-order valence-corrected chi connectivity index (χ3v) is 1.80. The van der Waals surface area contributed by atoms with Crippen molar-refractivity contribution in [3.63, 3.8) is 0 Å². The van der Waals surface area contributed by atoms with Crippen LogP contribution < -0.4 is 4.65 Å². The van der Waals surface area contributed by atoms with E-state index in [1.54, 1.807) is 0 Å². The van der Waals surface area contributed by atoms with Crippen LogP contribution in [0.1, 0.15) is 12.5 Å². The summed E-state index contributed by atoms with van der Waals surface area (Å²) in [6.45, 7) is 2.04. The molecule has 0 aliphatic heterocycles. The summed E-state index contributed by atoms with van der Waals surface area (Å²) < 4.78 is 4.71.